The molecule has 26 heavy (non-hydrogen) atoms. The standard InChI is InChI=1S/C20H18FN3O2/c1-2-26-18-9-6-15(7-10-18)24-20(25)19-11-8-17(13-22-19)23-16-5-3-4-14(21)12-16/h3-13,23H,2H2,1H3,(H,24,25). The van der Waals surface area contributed by atoms with Gasteiger partial charge in [0.05, 0.1) is 18.5 Å². The molecular weight excluding hydrogens is 333 g/mol. The first kappa shape index (κ1) is 17.4. The Hall–Kier alpha value is -3.41. The molecule has 0 bridgehead atoms. The zero-order valence-electron chi connectivity index (χ0n) is 14.2. The monoisotopic (exact) mass is 351 g/mol. The van der Waals surface area contributed by atoms with Crippen LogP contribution in [0.2, 0.25) is 0 Å². The lowest BCUT2D eigenvalue weighted by Gasteiger charge is -2.08. The van der Waals surface area contributed by atoms with Gasteiger partial charge in [0, 0.05) is 11.4 Å². The molecule has 3 aromatic rings. The number of anilines is 3. The first-order valence-corrected chi connectivity index (χ1v) is 8.17. The Kier molecular flexibility index (Phi) is 5.43. The molecule has 5 nitrogen and oxygen atoms in total. The summed E-state index contributed by atoms with van der Waals surface area (Å²) in [6.45, 7) is 2.50. The molecule has 3 rings (SSSR count). The van der Waals surface area contributed by atoms with Crippen LogP contribution >= 0.6 is 0 Å². The van der Waals surface area contributed by atoms with E-state index in [-0.39, 0.29) is 17.4 Å². The molecule has 0 saturated heterocycles. The molecular formula is C20H18FN3O2. The number of aromatic nitrogens is 1. The Morgan fingerprint density at radius 2 is 1.81 bits per heavy atom. The molecule has 0 aliphatic carbocycles. The average Bonchev–Trinajstić information content (AvgIpc) is 2.64. The van der Waals surface area contributed by atoms with E-state index in [1.165, 1.54) is 18.3 Å². The van der Waals surface area contributed by atoms with Gasteiger partial charge in [-0.2, -0.15) is 0 Å². The molecule has 6 heteroatoms. The predicted molar refractivity (Wildman–Crippen MR) is 99.5 cm³/mol. The van der Waals surface area contributed by atoms with Crippen LogP contribution in [0.4, 0.5) is 21.5 Å². The van der Waals surface area contributed by atoms with Gasteiger partial charge in [-0.05, 0) is 61.5 Å². The highest BCUT2D eigenvalue weighted by atomic mass is 19.1. The van der Waals surface area contributed by atoms with Crippen molar-refractivity contribution in [2.45, 2.75) is 6.92 Å². The molecule has 1 amide bonds. The van der Waals surface area contributed by atoms with Crippen molar-refractivity contribution in [1.29, 1.82) is 0 Å². The van der Waals surface area contributed by atoms with E-state index in [0.717, 1.165) is 5.75 Å². The van der Waals surface area contributed by atoms with E-state index in [4.69, 9.17) is 4.74 Å². The van der Waals surface area contributed by atoms with Gasteiger partial charge >= 0.3 is 0 Å². The number of carbonyl (C=O) groups excluding carboxylic acids is 1. The molecule has 0 atom stereocenters. The maximum atomic E-state index is 13.2. The average molecular weight is 351 g/mol. The second kappa shape index (κ2) is 8.11. The summed E-state index contributed by atoms with van der Waals surface area (Å²) < 4.78 is 18.6. The minimum Gasteiger partial charge on any atom is -0.494 e. The summed E-state index contributed by atoms with van der Waals surface area (Å²) in [5.41, 5.74) is 2.21. The summed E-state index contributed by atoms with van der Waals surface area (Å²) in [6, 6.07) is 16.5. The molecule has 0 unspecified atom stereocenters. The van der Waals surface area contributed by atoms with Gasteiger partial charge in [0.1, 0.15) is 17.3 Å². The van der Waals surface area contributed by atoms with Gasteiger partial charge < -0.3 is 15.4 Å². The summed E-state index contributed by atoms with van der Waals surface area (Å²) >= 11 is 0. The fraction of sp³-hybridized carbons (Fsp3) is 0.100. The molecule has 1 aromatic heterocycles. The number of nitrogens with one attached hydrogen (secondary N) is 2. The van der Waals surface area contributed by atoms with E-state index in [1.54, 1.807) is 48.5 Å². The molecule has 1 heterocycles. The molecule has 0 saturated carbocycles. The van der Waals surface area contributed by atoms with Crippen molar-refractivity contribution in [3.63, 3.8) is 0 Å². The largest absolute Gasteiger partial charge is 0.494 e. The number of amides is 1. The first-order valence-electron chi connectivity index (χ1n) is 8.17. The lowest BCUT2D eigenvalue weighted by atomic mass is 10.2. The maximum absolute atomic E-state index is 13.2. The van der Waals surface area contributed by atoms with Crippen molar-refractivity contribution in [1.82, 2.24) is 4.98 Å². The number of rotatable bonds is 6. The normalized spacial score (nSPS) is 10.2. The number of hydrogen-bond donors (Lipinski definition) is 2. The van der Waals surface area contributed by atoms with E-state index in [2.05, 4.69) is 15.6 Å². The number of carbonyl (C=O) groups is 1. The third kappa shape index (κ3) is 4.57. The maximum Gasteiger partial charge on any atom is 0.274 e. The second-order valence-electron chi connectivity index (χ2n) is 5.48. The van der Waals surface area contributed by atoms with Gasteiger partial charge in [0.25, 0.3) is 5.91 Å². The van der Waals surface area contributed by atoms with Crippen LogP contribution in [-0.4, -0.2) is 17.5 Å². The number of ether oxygens (including phenoxy) is 1. The van der Waals surface area contributed by atoms with Gasteiger partial charge in [-0.3, -0.25) is 4.79 Å². The van der Waals surface area contributed by atoms with Crippen molar-refractivity contribution in [2.75, 3.05) is 17.2 Å². The summed E-state index contributed by atoms with van der Waals surface area (Å²) in [7, 11) is 0. The van der Waals surface area contributed by atoms with Gasteiger partial charge in [-0.1, -0.05) is 6.07 Å². The zero-order chi connectivity index (χ0) is 18.4. The second-order valence-corrected chi connectivity index (χ2v) is 5.48. The van der Waals surface area contributed by atoms with Crippen LogP contribution < -0.4 is 15.4 Å². The Balaban J connectivity index is 1.63. The SMILES string of the molecule is CCOc1ccc(NC(=O)c2ccc(Nc3cccc(F)c3)cn2)cc1. The van der Waals surface area contributed by atoms with E-state index < -0.39 is 0 Å². The summed E-state index contributed by atoms with van der Waals surface area (Å²) in [5, 5.41) is 5.81. The summed E-state index contributed by atoms with van der Waals surface area (Å²) in [4.78, 5) is 16.4. The van der Waals surface area contributed by atoms with Crippen molar-refractivity contribution < 1.29 is 13.9 Å². The van der Waals surface area contributed by atoms with E-state index in [0.29, 0.717) is 23.7 Å². The van der Waals surface area contributed by atoms with Crippen molar-refractivity contribution >= 4 is 23.0 Å². The molecule has 0 fully saturated rings. The molecule has 0 spiro atoms. The smallest absolute Gasteiger partial charge is 0.274 e. The quantitative estimate of drug-likeness (QED) is 0.680. The zero-order valence-corrected chi connectivity index (χ0v) is 14.2. The molecule has 2 N–H and O–H groups in total. The fourth-order valence-electron chi connectivity index (χ4n) is 2.33. The lowest BCUT2D eigenvalue weighted by molar-refractivity contribution is 0.102. The van der Waals surface area contributed by atoms with Crippen LogP contribution in [0.25, 0.3) is 0 Å². The molecule has 132 valence electrons. The van der Waals surface area contributed by atoms with Crippen LogP contribution in [0.5, 0.6) is 5.75 Å². The van der Waals surface area contributed by atoms with Gasteiger partial charge in [0.15, 0.2) is 0 Å². The van der Waals surface area contributed by atoms with Crippen LogP contribution in [0.3, 0.4) is 0 Å². The van der Waals surface area contributed by atoms with Crippen LogP contribution in [0.1, 0.15) is 17.4 Å². The van der Waals surface area contributed by atoms with Crippen LogP contribution in [0, 0.1) is 5.82 Å². The minimum atomic E-state index is -0.325. The number of nitrogens with zero attached hydrogens (tertiary/aromatic N) is 1. The van der Waals surface area contributed by atoms with Gasteiger partial charge in [0.2, 0.25) is 0 Å². The Morgan fingerprint density at radius 1 is 1.04 bits per heavy atom. The summed E-state index contributed by atoms with van der Waals surface area (Å²) in [5.74, 6) is 0.108. The topological polar surface area (TPSA) is 63.2 Å². The van der Waals surface area contributed by atoms with Gasteiger partial charge in [-0.15, -0.1) is 0 Å². The number of pyridine rings is 1. The highest BCUT2D eigenvalue weighted by Gasteiger charge is 2.08. The molecule has 0 aliphatic rings. The molecule has 0 radical (unpaired) electrons. The molecule has 2 aromatic carbocycles. The van der Waals surface area contributed by atoms with E-state index in [9.17, 15) is 9.18 Å². The first-order chi connectivity index (χ1) is 12.6. The minimum absolute atomic E-state index is 0.281. The number of halogens is 1. The van der Waals surface area contributed by atoms with Crippen molar-refractivity contribution in [3.05, 3.63) is 78.4 Å². The highest BCUT2D eigenvalue weighted by Crippen LogP contribution is 2.18. The van der Waals surface area contributed by atoms with Crippen molar-refractivity contribution in [2.24, 2.45) is 0 Å². The Morgan fingerprint density at radius 3 is 2.46 bits per heavy atom. The lowest BCUT2D eigenvalue weighted by Crippen LogP contribution is -2.13. The summed E-state index contributed by atoms with van der Waals surface area (Å²) in [6.07, 6.45) is 1.53. The highest BCUT2D eigenvalue weighted by molar-refractivity contribution is 6.03. The van der Waals surface area contributed by atoms with E-state index >= 15 is 0 Å². The number of hydrogen-bond acceptors (Lipinski definition) is 4. The van der Waals surface area contributed by atoms with Crippen molar-refractivity contribution in [3.8, 4) is 5.75 Å². The van der Waals surface area contributed by atoms with Crippen LogP contribution in [-0.2, 0) is 0 Å². The van der Waals surface area contributed by atoms with E-state index in [1.807, 2.05) is 6.92 Å². The third-order valence-corrected chi connectivity index (χ3v) is 3.53. The Bertz CT molecular complexity index is 880. The van der Waals surface area contributed by atoms with Gasteiger partial charge in [-0.25, -0.2) is 9.37 Å². The Labute approximate surface area is 150 Å². The fourth-order valence-corrected chi connectivity index (χ4v) is 2.33. The molecule has 0 aliphatic heterocycles. The predicted octanol–water partition coefficient (Wildman–Crippen LogP) is 4.62. The number of benzene rings is 2. The van der Waals surface area contributed by atoms with Crippen LogP contribution in [0.15, 0.2) is 66.9 Å². The third-order valence-electron chi connectivity index (χ3n) is 3.53.